The van der Waals surface area contributed by atoms with Crippen LogP contribution in [0.15, 0.2) is 60.8 Å². The van der Waals surface area contributed by atoms with E-state index in [-0.39, 0.29) is 18.8 Å². The standard InChI is InChI=1S/C31H32F2N4Si/c1-38(2)14-12-24(18-38)30-35-26-10-8-22-15-21(7-9-25(22)28(26)37-30)19-3-5-20(6-4-19)27-17-34-29(36-27)23-11-13-31(32,33)16-23/h3-10,15,17,23-24H,11-14,16,18H2,1-2H3,(H,34,36)(H,35,37)/t23-,24-/m0/s1. The van der Waals surface area contributed by atoms with Gasteiger partial charge in [-0.25, -0.2) is 18.7 Å². The molecular formula is C31H32F2N4Si. The van der Waals surface area contributed by atoms with Gasteiger partial charge in [-0.15, -0.1) is 0 Å². The molecule has 1 aliphatic heterocycles. The van der Waals surface area contributed by atoms with E-state index in [0.717, 1.165) is 39.2 Å². The number of aromatic nitrogens is 4. The van der Waals surface area contributed by atoms with Gasteiger partial charge < -0.3 is 9.97 Å². The average Bonchev–Trinajstić information content (AvgIpc) is 3.69. The largest absolute Gasteiger partial charge is 0.342 e. The molecule has 2 atom stereocenters. The third-order valence-corrected chi connectivity index (χ3v) is 12.0. The highest BCUT2D eigenvalue weighted by molar-refractivity contribution is 6.78. The van der Waals surface area contributed by atoms with E-state index >= 15 is 0 Å². The molecule has 2 aliphatic rings. The van der Waals surface area contributed by atoms with Crippen LogP contribution in [0.2, 0.25) is 25.2 Å². The minimum atomic E-state index is -2.57. The molecule has 2 aromatic heterocycles. The lowest BCUT2D eigenvalue weighted by Gasteiger charge is -2.13. The summed E-state index contributed by atoms with van der Waals surface area (Å²) in [5.41, 5.74) is 6.34. The highest BCUT2D eigenvalue weighted by Crippen LogP contribution is 2.44. The van der Waals surface area contributed by atoms with E-state index in [1.54, 1.807) is 6.20 Å². The molecule has 1 saturated heterocycles. The number of alkyl halides is 2. The van der Waals surface area contributed by atoms with Crippen LogP contribution in [0.4, 0.5) is 8.78 Å². The first-order chi connectivity index (χ1) is 18.2. The van der Waals surface area contributed by atoms with Crippen LogP contribution in [-0.4, -0.2) is 33.9 Å². The number of fused-ring (bicyclic) bond motifs is 3. The van der Waals surface area contributed by atoms with Gasteiger partial charge in [0.25, 0.3) is 0 Å². The van der Waals surface area contributed by atoms with Crippen LogP contribution < -0.4 is 0 Å². The monoisotopic (exact) mass is 526 g/mol. The maximum absolute atomic E-state index is 13.6. The van der Waals surface area contributed by atoms with Gasteiger partial charge >= 0.3 is 0 Å². The van der Waals surface area contributed by atoms with Crippen molar-refractivity contribution in [2.45, 2.75) is 68.6 Å². The molecule has 3 heterocycles. The first kappa shape index (κ1) is 23.8. The van der Waals surface area contributed by atoms with Crippen molar-refractivity contribution in [1.29, 1.82) is 0 Å². The van der Waals surface area contributed by atoms with Crippen molar-refractivity contribution in [2.75, 3.05) is 0 Å². The number of hydrogen-bond acceptors (Lipinski definition) is 2. The zero-order valence-corrected chi connectivity index (χ0v) is 22.8. The normalized spacial score (nSPS) is 22.5. The number of imidazole rings is 2. The fourth-order valence-corrected chi connectivity index (χ4v) is 9.65. The maximum atomic E-state index is 13.6. The Balaban J connectivity index is 1.14. The van der Waals surface area contributed by atoms with Crippen LogP contribution in [0.25, 0.3) is 44.2 Å². The lowest BCUT2D eigenvalue weighted by molar-refractivity contribution is 0.00756. The second-order valence-electron chi connectivity index (χ2n) is 12.2. The van der Waals surface area contributed by atoms with Gasteiger partial charge in [0.15, 0.2) is 0 Å². The molecule has 0 radical (unpaired) electrons. The predicted molar refractivity (Wildman–Crippen MR) is 153 cm³/mol. The zero-order chi connectivity index (χ0) is 26.1. The third kappa shape index (κ3) is 4.27. The van der Waals surface area contributed by atoms with E-state index in [2.05, 4.69) is 82.6 Å². The van der Waals surface area contributed by atoms with Gasteiger partial charge in [-0.1, -0.05) is 61.6 Å². The summed E-state index contributed by atoms with van der Waals surface area (Å²) in [6.07, 6.45) is 3.32. The van der Waals surface area contributed by atoms with Crippen LogP contribution >= 0.6 is 0 Å². The number of aromatic amines is 2. The van der Waals surface area contributed by atoms with Gasteiger partial charge in [0, 0.05) is 38.1 Å². The summed E-state index contributed by atoms with van der Waals surface area (Å²) in [4.78, 5) is 16.4. The molecular weight excluding hydrogens is 494 g/mol. The highest BCUT2D eigenvalue weighted by Gasteiger charge is 2.41. The Morgan fingerprint density at radius 1 is 0.868 bits per heavy atom. The summed E-state index contributed by atoms with van der Waals surface area (Å²) < 4.78 is 27.3. The Bertz CT molecular complexity index is 1650. The topological polar surface area (TPSA) is 57.4 Å². The molecule has 2 N–H and O–H groups in total. The van der Waals surface area contributed by atoms with Crippen molar-refractivity contribution < 1.29 is 8.78 Å². The Morgan fingerprint density at radius 2 is 1.66 bits per heavy atom. The van der Waals surface area contributed by atoms with Crippen molar-refractivity contribution in [3.8, 4) is 22.4 Å². The smallest absolute Gasteiger partial charge is 0.248 e. The van der Waals surface area contributed by atoms with Crippen LogP contribution in [-0.2, 0) is 0 Å². The van der Waals surface area contributed by atoms with Crippen LogP contribution in [0.5, 0.6) is 0 Å². The maximum Gasteiger partial charge on any atom is 0.248 e. The predicted octanol–water partition coefficient (Wildman–Crippen LogP) is 8.87. The molecule has 0 unspecified atom stereocenters. The van der Waals surface area contributed by atoms with Gasteiger partial charge in [0.05, 0.1) is 22.9 Å². The first-order valence-corrected chi connectivity index (χ1v) is 17.1. The Hall–Kier alpha value is -3.32. The summed E-state index contributed by atoms with van der Waals surface area (Å²) in [6.45, 7) is 4.98. The lowest BCUT2D eigenvalue weighted by Crippen LogP contribution is -2.19. The molecule has 5 aromatic rings. The molecule has 1 saturated carbocycles. The molecule has 2 fully saturated rings. The van der Waals surface area contributed by atoms with Crippen molar-refractivity contribution in [2.24, 2.45) is 0 Å². The van der Waals surface area contributed by atoms with Crippen LogP contribution in [0, 0.1) is 0 Å². The number of nitrogens with zero attached hydrogens (tertiary/aromatic N) is 2. The highest BCUT2D eigenvalue weighted by atomic mass is 28.3. The summed E-state index contributed by atoms with van der Waals surface area (Å²) in [5, 5.41) is 2.37. The third-order valence-electron chi connectivity index (χ3n) is 8.76. The minimum absolute atomic E-state index is 0.0543. The quantitative estimate of drug-likeness (QED) is 0.230. The van der Waals surface area contributed by atoms with Gasteiger partial charge in [0.2, 0.25) is 5.92 Å². The zero-order valence-electron chi connectivity index (χ0n) is 21.8. The molecule has 7 heteroatoms. The van der Waals surface area contributed by atoms with Crippen molar-refractivity contribution in [3.05, 3.63) is 72.4 Å². The molecule has 194 valence electrons. The number of hydrogen-bond donors (Lipinski definition) is 2. The fourth-order valence-electron chi connectivity index (χ4n) is 6.58. The molecule has 7 rings (SSSR count). The van der Waals surface area contributed by atoms with Gasteiger partial charge in [0.1, 0.15) is 11.6 Å². The van der Waals surface area contributed by atoms with Crippen molar-refractivity contribution >= 4 is 29.9 Å². The van der Waals surface area contributed by atoms with Crippen LogP contribution in [0.3, 0.4) is 0 Å². The van der Waals surface area contributed by atoms with Gasteiger partial charge in [-0.3, -0.25) is 0 Å². The number of nitrogens with one attached hydrogen (secondary N) is 2. The van der Waals surface area contributed by atoms with Gasteiger partial charge in [-0.2, -0.15) is 0 Å². The van der Waals surface area contributed by atoms with E-state index in [1.807, 2.05) is 0 Å². The molecule has 0 amide bonds. The lowest BCUT2D eigenvalue weighted by atomic mass is 9.99. The first-order valence-electron chi connectivity index (χ1n) is 13.7. The van der Waals surface area contributed by atoms with Crippen molar-refractivity contribution in [1.82, 2.24) is 19.9 Å². The summed E-state index contributed by atoms with van der Waals surface area (Å²) in [7, 11) is -1.06. The summed E-state index contributed by atoms with van der Waals surface area (Å²) in [6, 6.07) is 22.0. The fraction of sp³-hybridized carbons (Fsp3) is 0.355. The summed E-state index contributed by atoms with van der Waals surface area (Å²) in [5.74, 6) is -0.364. The van der Waals surface area contributed by atoms with Gasteiger partial charge in [-0.05, 0) is 53.1 Å². The number of rotatable bonds is 4. The molecule has 38 heavy (non-hydrogen) atoms. The Labute approximate surface area is 221 Å². The van der Waals surface area contributed by atoms with E-state index < -0.39 is 14.0 Å². The molecule has 3 aromatic carbocycles. The van der Waals surface area contributed by atoms with E-state index in [1.165, 1.54) is 29.3 Å². The average molecular weight is 527 g/mol. The summed E-state index contributed by atoms with van der Waals surface area (Å²) >= 11 is 0. The molecule has 0 bridgehead atoms. The molecule has 1 aliphatic carbocycles. The molecule has 0 spiro atoms. The Kier molecular flexibility index (Phi) is 5.38. The van der Waals surface area contributed by atoms with Crippen molar-refractivity contribution in [3.63, 3.8) is 0 Å². The number of H-pyrrole nitrogens is 2. The van der Waals surface area contributed by atoms with E-state index in [4.69, 9.17) is 4.98 Å². The second kappa shape index (κ2) is 8.60. The van der Waals surface area contributed by atoms with E-state index in [9.17, 15) is 8.78 Å². The molecule has 4 nitrogen and oxygen atoms in total. The number of halogens is 2. The second-order valence-corrected chi connectivity index (χ2v) is 17.4. The van der Waals surface area contributed by atoms with E-state index in [0.29, 0.717) is 18.2 Å². The SMILES string of the molecule is C[Si]1(C)CC[C@H](c2nc3c(ccc4cc(-c5ccc(-c6cnc([C@H]7CCC(F)(F)C7)[nH]6)cc5)ccc43)[nH]2)C1. The number of benzene rings is 3. The Morgan fingerprint density at radius 3 is 2.39 bits per heavy atom. The minimum Gasteiger partial charge on any atom is -0.342 e. The van der Waals surface area contributed by atoms with Crippen LogP contribution in [0.1, 0.15) is 49.2 Å².